The molecule has 0 radical (unpaired) electrons. The number of primary amides is 1. The summed E-state index contributed by atoms with van der Waals surface area (Å²) in [7, 11) is 0. The van der Waals surface area contributed by atoms with Crippen LogP contribution in [-0.2, 0) is 4.79 Å². The van der Waals surface area contributed by atoms with Crippen LogP contribution in [0.25, 0.3) is 0 Å². The lowest BCUT2D eigenvalue weighted by molar-refractivity contribution is -0.119. The fraction of sp³-hybridized carbons (Fsp3) is 0.889. The van der Waals surface area contributed by atoms with Gasteiger partial charge in [-0.2, -0.15) is 0 Å². The first-order chi connectivity index (χ1) is 11.6. The fourth-order valence-electron chi connectivity index (χ4n) is 3.96. The number of hydrogen-bond donors (Lipinski definition) is 3. The molecule has 2 rings (SSSR count). The van der Waals surface area contributed by atoms with Crippen LogP contribution in [0.2, 0.25) is 0 Å². The van der Waals surface area contributed by atoms with Gasteiger partial charge in [-0.1, -0.05) is 19.8 Å². The SMILES string of the molecule is CCNC(=NCC1(CC)CCCC1)NC1CCN(CC(N)=O)CC1. The van der Waals surface area contributed by atoms with Crippen molar-refractivity contribution in [1.82, 2.24) is 15.5 Å². The molecule has 1 aliphatic carbocycles. The van der Waals surface area contributed by atoms with E-state index in [1.54, 1.807) is 0 Å². The molecule has 4 N–H and O–H groups in total. The first kappa shape index (κ1) is 19.0. The topological polar surface area (TPSA) is 82.8 Å². The number of aliphatic imine (C=N–C) groups is 1. The van der Waals surface area contributed by atoms with E-state index in [0.717, 1.165) is 45.0 Å². The standard InChI is InChI=1S/C18H35N5O/c1-3-18(9-5-6-10-18)14-21-17(20-4-2)22-15-7-11-23(12-8-15)13-16(19)24/h15H,3-14H2,1-2H3,(H2,19,24)(H2,20,21,22). The normalized spacial score (nSPS) is 22.5. The van der Waals surface area contributed by atoms with Crippen LogP contribution >= 0.6 is 0 Å². The molecule has 1 saturated heterocycles. The zero-order valence-electron chi connectivity index (χ0n) is 15.4. The molecule has 0 aromatic carbocycles. The molecule has 0 aromatic rings. The Bertz CT molecular complexity index is 423. The van der Waals surface area contributed by atoms with Gasteiger partial charge in [-0.05, 0) is 44.4 Å². The van der Waals surface area contributed by atoms with E-state index < -0.39 is 0 Å². The molecule has 0 aromatic heterocycles. The average Bonchev–Trinajstić information content (AvgIpc) is 3.04. The minimum absolute atomic E-state index is 0.238. The Balaban J connectivity index is 1.84. The summed E-state index contributed by atoms with van der Waals surface area (Å²) < 4.78 is 0. The molecule has 0 unspecified atom stereocenters. The van der Waals surface area contributed by atoms with E-state index in [9.17, 15) is 4.79 Å². The van der Waals surface area contributed by atoms with E-state index in [1.807, 2.05) is 0 Å². The van der Waals surface area contributed by atoms with E-state index in [4.69, 9.17) is 10.7 Å². The summed E-state index contributed by atoms with van der Waals surface area (Å²) >= 11 is 0. The lowest BCUT2D eigenvalue weighted by Gasteiger charge is -2.32. The molecule has 1 amide bonds. The quantitative estimate of drug-likeness (QED) is 0.485. The monoisotopic (exact) mass is 337 g/mol. The summed E-state index contributed by atoms with van der Waals surface area (Å²) in [5.41, 5.74) is 5.70. The van der Waals surface area contributed by atoms with Crippen molar-refractivity contribution in [2.45, 2.75) is 64.8 Å². The third kappa shape index (κ3) is 5.65. The molecule has 0 spiro atoms. The Hall–Kier alpha value is -1.30. The summed E-state index contributed by atoms with van der Waals surface area (Å²) in [5, 5.41) is 6.98. The summed E-state index contributed by atoms with van der Waals surface area (Å²) in [6.07, 6.45) is 8.61. The number of hydrogen-bond acceptors (Lipinski definition) is 3. The maximum absolute atomic E-state index is 11.0. The average molecular weight is 338 g/mol. The molecule has 2 aliphatic rings. The largest absolute Gasteiger partial charge is 0.369 e. The summed E-state index contributed by atoms with van der Waals surface area (Å²) in [5.74, 6) is 0.711. The Morgan fingerprint density at radius 2 is 1.92 bits per heavy atom. The van der Waals surface area contributed by atoms with E-state index in [-0.39, 0.29) is 5.91 Å². The Labute approximate surface area is 146 Å². The lowest BCUT2D eigenvalue weighted by Crippen LogP contribution is -2.50. The van der Waals surface area contributed by atoms with E-state index in [0.29, 0.717) is 18.0 Å². The predicted octanol–water partition coefficient (Wildman–Crippen LogP) is 1.46. The van der Waals surface area contributed by atoms with Gasteiger partial charge in [-0.25, -0.2) is 0 Å². The summed E-state index contributed by atoms with van der Waals surface area (Å²) in [6, 6.07) is 0.424. The van der Waals surface area contributed by atoms with Crippen molar-refractivity contribution in [3.8, 4) is 0 Å². The number of carbonyl (C=O) groups is 1. The molecule has 0 bridgehead atoms. The fourth-order valence-corrected chi connectivity index (χ4v) is 3.96. The molecule has 1 aliphatic heterocycles. The smallest absolute Gasteiger partial charge is 0.231 e. The highest BCUT2D eigenvalue weighted by molar-refractivity contribution is 5.80. The van der Waals surface area contributed by atoms with Crippen molar-refractivity contribution in [1.29, 1.82) is 0 Å². The van der Waals surface area contributed by atoms with Gasteiger partial charge in [0.25, 0.3) is 0 Å². The van der Waals surface area contributed by atoms with Crippen LogP contribution in [0.5, 0.6) is 0 Å². The van der Waals surface area contributed by atoms with Gasteiger partial charge in [0.1, 0.15) is 0 Å². The third-order valence-corrected chi connectivity index (χ3v) is 5.64. The Kier molecular flexibility index (Phi) is 7.34. The molecule has 138 valence electrons. The van der Waals surface area contributed by atoms with Crippen LogP contribution in [0.15, 0.2) is 4.99 Å². The minimum atomic E-state index is -0.238. The van der Waals surface area contributed by atoms with Gasteiger partial charge < -0.3 is 16.4 Å². The van der Waals surface area contributed by atoms with Crippen molar-refractivity contribution < 1.29 is 4.79 Å². The first-order valence-corrected chi connectivity index (χ1v) is 9.62. The molecule has 1 heterocycles. The highest BCUT2D eigenvalue weighted by Gasteiger charge is 2.31. The molecule has 6 nitrogen and oxygen atoms in total. The van der Waals surface area contributed by atoms with Gasteiger partial charge in [-0.15, -0.1) is 0 Å². The Morgan fingerprint density at radius 3 is 2.46 bits per heavy atom. The molecule has 1 saturated carbocycles. The highest BCUT2D eigenvalue weighted by atomic mass is 16.1. The van der Waals surface area contributed by atoms with Gasteiger partial charge in [0.15, 0.2) is 5.96 Å². The predicted molar refractivity (Wildman–Crippen MR) is 99.0 cm³/mol. The summed E-state index contributed by atoms with van der Waals surface area (Å²) in [4.78, 5) is 18.1. The zero-order chi connectivity index (χ0) is 17.4. The molecule has 0 atom stereocenters. The van der Waals surface area contributed by atoms with Gasteiger partial charge >= 0.3 is 0 Å². The van der Waals surface area contributed by atoms with Gasteiger partial charge in [0, 0.05) is 32.2 Å². The number of amides is 1. The van der Waals surface area contributed by atoms with Crippen molar-refractivity contribution in [2.75, 3.05) is 32.7 Å². The molecule has 6 heteroatoms. The lowest BCUT2D eigenvalue weighted by atomic mass is 9.84. The third-order valence-electron chi connectivity index (χ3n) is 5.64. The second-order valence-electron chi connectivity index (χ2n) is 7.42. The van der Waals surface area contributed by atoms with Crippen LogP contribution in [0, 0.1) is 5.41 Å². The molecular formula is C18H35N5O. The maximum atomic E-state index is 11.0. The molecular weight excluding hydrogens is 302 g/mol. The number of carbonyl (C=O) groups excluding carboxylic acids is 1. The minimum Gasteiger partial charge on any atom is -0.369 e. The van der Waals surface area contributed by atoms with Crippen LogP contribution < -0.4 is 16.4 Å². The second-order valence-corrected chi connectivity index (χ2v) is 7.42. The van der Waals surface area contributed by atoms with Crippen molar-refractivity contribution in [3.63, 3.8) is 0 Å². The van der Waals surface area contributed by atoms with Crippen LogP contribution in [0.1, 0.15) is 58.8 Å². The summed E-state index contributed by atoms with van der Waals surface area (Å²) in [6.45, 7) is 8.43. The van der Waals surface area contributed by atoms with Crippen LogP contribution in [0.4, 0.5) is 0 Å². The van der Waals surface area contributed by atoms with E-state index >= 15 is 0 Å². The van der Waals surface area contributed by atoms with Gasteiger partial charge in [0.2, 0.25) is 5.91 Å². The first-order valence-electron chi connectivity index (χ1n) is 9.62. The second kappa shape index (κ2) is 9.25. The number of rotatable bonds is 7. The number of nitrogens with two attached hydrogens (primary N) is 1. The van der Waals surface area contributed by atoms with Crippen LogP contribution in [0.3, 0.4) is 0 Å². The van der Waals surface area contributed by atoms with Gasteiger partial charge in [-0.3, -0.25) is 14.7 Å². The van der Waals surface area contributed by atoms with Crippen molar-refractivity contribution in [2.24, 2.45) is 16.1 Å². The van der Waals surface area contributed by atoms with E-state index in [1.165, 1.54) is 32.1 Å². The van der Waals surface area contributed by atoms with Crippen LogP contribution in [-0.4, -0.2) is 55.5 Å². The van der Waals surface area contributed by atoms with Crippen molar-refractivity contribution in [3.05, 3.63) is 0 Å². The number of nitrogens with zero attached hydrogens (tertiary/aromatic N) is 2. The molecule has 2 fully saturated rings. The number of guanidine groups is 1. The zero-order valence-corrected chi connectivity index (χ0v) is 15.4. The molecule has 24 heavy (non-hydrogen) atoms. The number of likely N-dealkylation sites (tertiary alicyclic amines) is 1. The van der Waals surface area contributed by atoms with E-state index in [2.05, 4.69) is 29.4 Å². The number of nitrogens with one attached hydrogen (secondary N) is 2. The van der Waals surface area contributed by atoms with Gasteiger partial charge in [0.05, 0.1) is 6.54 Å². The van der Waals surface area contributed by atoms with Crippen molar-refractivity contribution >= 4 is 11.9 Å². The maximum Gasteiger partial charge on any atom is 0.231 e. The highest BCUT2D eigenvalue weighted by Crippen LogP contribution is 2.41. The number of piperidine rings is 1. The Morgan fingerprint density at radius 1 is 1.25 bits per heavy atom.